The lowest BCUT2D eigenvalue weighted by atomic mass is 10.1. The fraction of sp³-hybridized carbons (Fsp3) is 0.750. The van der Waals surface area contributed by atoms with E-state index >= 15 is 0 Å². The van der Waals surface area contributed by atoms with Crippen LogP contribution in [0.5, 0.6) is 0 Å². The van der Waals surface area contributed by atoms with E-state index in [1.807, 2.05) is 0 Å². The molecule has 0 bridgehead atoms. The fourth-order valence-corrected chi connectivity index (χ4v) is 1.15. The van der Waals surface area contributed by atoms with Crippen LogP contribution in [0.25, 0.3) is 0 Å². The molecular weight excluding hydrogens is 168 g/mol. The van der Waals surface area contributed by atoms with Gasteiger partial charge in [-0.1, -0.05) is 18.1 Å². The van der Waals surface area contributed by atoms with Crippen molar-refractivity contribution in [3.63, 3.8) is 0 Å². The summed E-state index contributed by atoms with van der Waals surface area (Å²) in [6.07, 6.45) is 6.83. The summed E-state index contributed by atoms with van der Waals surface area (Å²) in [5, 5.41) is 13.6. The largest absolute Gasteiger partial charge is 0.303 e. The first-order chi connectivity index (χ1) is 6.43. The van der Waals surface area contributed by atoms with E-state index in [1.54, 1.807) is 0 Å². The van der Waals surface area contributed by atoms with Gasteiger partial charge in [0, 0.05) is 12.8 Å². The maximum atomic E-state index is 9.99. The average Bonchev–Trinajstić information content (AvgIpc) is 2.63. The summed E-state index contributed by atoms with van der Waals surface area (Å²) in [4.78, 5) is 9.99. The van der Waals surface area contributed by atoms with Crippen molar-refractivity contribution < 1.29 is 4.79 Å². The van der Waals surface area contributed by atoms with Crippen molar-refractivity contribution in [1.29, 1.82) is 0 Å². The molecule has 1 rings (SSSR count). The molecule has 1 N–H and O–H groups in total. The van der Waals surface area contributed by atoms with Crippen molar-refractivity contribution in [2.75, 3.05) is 0 Å². The third-order valence-corrected chi connectivity index (χ3v) is 1.86. The maximum absolute atomic E-state index is 9.99. The van der Waals surface area contributed by atoms with Gasteiger partial charge in [0.2, 0.25) is 0 Å². The molecule has 0 spiro atoms. The molecule has 1 aromatic rings. The predicted molar refractivity (Wildman–Crippen MR) is 47.0 cm³/mol. The third kappa shape index (κ3) is 4.35. The Bertz CT molecular complexity index is 222. The lowest BCUT2D eigenvalue weighted by molar-refractivity contribution is -0.107. The van der Waals surface area contributed by atoms with Crippen LogP contribution in [0, 0.1) is 0 Å². The molecular formula is C8H14N4O. The molecule has 0 radical (unpaired) electrons. The van der Waals surface area contributed by atoms with Gasteiger partial charge in [-0.25, -0.2) is 0 Å². The van der Waals surface area contributed by atoms with E-state index in [2.05, 4.69) is 20.6 Å². The van der Waals surface area contributed by atoms with E-state index in [0.717, 1.165) is 44.2 Å². The second-order valence-electron chi connectivity index (χ2n) is 2.95. The molecule has 1 aromatic heterocycles. The molecule has 0 aliphatic heterocycles. The highest BCUT2D eigenvalue weighted by Crippen LogP contribution is 2.04. The van der Waals surface area contributed by atoms with Gasteiger partial charge in [-0.2, -0.15) is 5.21 Å². The molecule has 5 nitrogen and oxygen atoms in total. The highest BCUT2D eigenvalue weighted by molar-refractivity contribution is 5.48. The SMILES string of the molecule is O=CCCCCCCc1nn[nH]n1. The Kier molecular flexibility index (Phi) is 4.74. The standard InChI is InChI=1S/C8H14N4O/c13-7-5-3-1-2-4-6-8-9-11-12-10-8/h7H,1-6H2,(H,9,10,11,12). The average molecular weight is 182 g/mol. The number of aromatic nitrogens is 4. The molecule has 5 heteroatoms. The molecule has 1 heterocycles. The maximum Gasteiger partial charge on any atom is 0.174 e. The molecule has 0 saturated carbocycles. The van der Waals surface area contributed by atoms with Crippen molar-refractivity contribution in [2.24, 2.45) is 0 Å². The zero-order chi connectivity index (χ0) is 9.36. The van der Waals surface area contributed by atoms with Gasteiger partial charge >= 0.3 is 0 Å². The van der Waals surface area contributed by atoms with Crippen LogP contribution in [0.15, 0.2) is 0 Å². The van der Waals surface area contributed by atoms with Gasteiger partial charge in [-0.15, -0.1) is 10.2 Å². The lowest BCUT2D eigenvalue weighted by Crippen LogP contribution is -1.89. The number of aldehydes is 1. The van der Waals surface area contributed by atoms with Crippen LogP contribution in [0.1, 0.15) is 37.9 Å². The van der Waals surface area contributed by atoms with Crippen molar-refractivity contribution in [2.45, 2.75) is 38.5 Å². The van der Waals surface area contributed by atoms with E-state index < -0.39 is 0 Å². The summed E-state index contributed by atoms with van der Waals surface area (Å²) >= 11 is 0. The second-order valence-corrected chi connectivity index (χ2v) is 2.95. The normalized spacial score (nSPS) is 10.2. The predicted octanol–water partition coefficient (Wildman–Crippen LogP) is 0.892. The number of carbonyl (C=O) groups excluding carboxylic acids is 1. The smallest absolute Gasteiger partial charge is 0.174 e. The number of aryl methyl sites for hydroxylation is 1. The number of hydrogen-bond donors (Lipinski definition) is 1. The highest BCUT2D eigenvalue weighted by atomic mass is 16.1. The molecule has 0 amide bonds. The zero-order valence-electron chi connectivity index (χ0n) is 7.57. The Morgan fingerprint density at radius 3 is 2.77 bits per heavy atom. The first-order valence-electron chi connectivity index (χ1n) is 4.59. The van der Waals surface area contributed by atoms with Gasteiger partial charge in [0.15, 0.2) is 5.82 Å². The summed E-state index contributed by atoms with van der Waals surface area (Å²) < 4.78 is 0. The Balaban J connectivity index is 1.93. The fourth-order valence-electron chi connectivity index (χ4n) is 1.15. The molecule has 0 aliphatic carbocycles. The van der Waals surface area contributed by atoms with E-state index in [4.69, 9.17) is 0 Å². The van der Waals surface area contributed by atoms with Gasteiger partial charge in [0.1, 0.15) is 6.29 Å². The number of H-pyrrole nitrogens is 1. The van der Waals surface area contributed by atoms with Gasteiger partial charge in [0.25, 0.3) is 0 Å². The highest BCUT2D eigenvalue weighted by Gasteiger charge is 1.96. The van der Waals surface area contributed by atoms with Crippen molar-refractivity contribution >= 4 is 6.29 Å². The van der Waals surface area contributed by atoms with E-state index in [1.165, 1.54) is 0 Å². The number of aromatic amines is 1. The van der Waals surface area contributed by atoms with E-state index in [-0.39, 0.29) is 0 Å². The molecule has 72 valence electrons. The van der Waals surface area contributed by atoms with Crippen molar-refractivity contribution in [1.82, 2.24) is 20.6 Å². The van der Waals surface area contributed by atoms with Crippen LogP contribution in [0.4, 0.5) is 0 Å². The molecule has 0 atom stereocenters. The lowest BCUT2D eigenvalue weighted by Gasteiger charge is -1.95. The van der Waals surface area contributed by atoms with Crippen LogP contribution in [0.3, 0.4) is 0 Å². The molecule has 13 heavy (non-hydrogen) atoms. The Hall–Kier alpha value is -1.26. The zero-order valence-corrected chi connectivity index (χ0v) is 7.57. The van der Waals surface area contributed by atoms with Crippen LogP contribution < -0.4 is 0 Å². The molecule has 0 saturated heterocycles. The topological polar surface area (TPSA) is 71.5 Å². The number of nitrogens with one attached hydrogen (secondary N) is 1. The minimum atomic E-state index is 0.683. The minimum Gasteiger partial charge on any atom is -0.303 e. The first kappa shape index (κ1) is 9.83. The summed E-state index contributed by atoms with van der Waals surface area (Å²) in [6.45, 7) is 0. The Labute approximate surface area is 76.9 Å². The Morgan fingerprint density at radius 2 is 2.08 bits per heavy atom. The molecule has 0 unspecified atom stereocenters. The molecule has 0 aliphatic rings. The van der Waals surface area contributed by atoms with Gasteiger partial charge in [-0.05, 0) is 12.8 Å². The van der Waals surface area contributed by atoms with Gasteiger partial charge in [-0.3, -0.25) is 0 Å². The van der Waals surface area contributed by atoms with Gasteiger partial charge in [0.05, 0.1) is 0 Å². The number of hydrogen-bond acceptors (Lipinski definition) is 4. The summed E-state index contributed by atoms with van der Waals surface area (Å²) in [6, 6.07) is 0. The van der Waals surface area contributed by atoms with Crippen LogP contribution in [-0.4, -0.2) is 26.9 Å². The van der Waals surface area contributed by atoms with Crippen molar-refractivity contribution in [3.05, 3.63) is 5.82 Å². The quantitative estimate of drug-likeness (QED) is 0.502. The monoisotopic (exact) mass is 182 g/mol. The van der Waals surface area contributed by atoms with Gasteiger partial charge < -0.3 is 4.79 Å². The van der Waals surface area contributed by atoms with Crippen molar-refractivity contribution in [3.8, 4) is 0 Å². The number of carbonyl (C=O) groups is 1. The third-order valence-electron chi connectivity index (χ3n) is 1.86. The summed E-state index contributed by atoms with van der Waals surface area (Å²) in [5.41, 5.74) is 0. The van der Waals surface area contributed by atoms with Crippen LogP contribution in [0.2, 0.25) is 0 Å². The first-order valence-corrected chi connectivity index (χ1v) is 4.59. The van der Waals surface area contributed by atoms with E-state index in [9.17, 15) is 4.79 Å². The Morgan fingerprint density at radius 1 is 1.23 bits per heavy atom. The van der Waals surface area contributed by atoms with Crippen LogP contribution >= 0.6 is 0 Å². The van der Waals surface area contributed by atoms with E-state index in [0.29, 0.717) is 6.42 Å². The van der Waals surface area contributed by atoms with Crippen LogP contribution in [-0.2, 0) is 11.2 Å². The summed E-state index contributed by atoms with van der Waals surface area (Å²) in [7, 11) is 0. The molecule has 0 fully saturated rings. The number of unbranched alkanes of at least 4 members (excludes halogenated alkanes) is 4. The number of rotatable bonds is 7. The molecule has 0 aromatic carbocycles. The second kappa shape index (κ2) is 6.28. The number of tetrazole rings is 1. The number of nitrogens with zero attached hydrogens (tertiary/aromatic N) is 3. The minimum absolute atomic E-state index is 0.683. The summed E-state index contributed by atoms with van der Waals surface area (Å²) in [5.74, 6) is 0.774.